The molecule has 7 heteroatoms. The van der Waals surface area contributed by atoms with Crippen LogP contribution < -0.4 is 0 Å². The maximum Gasteiger partial charge on any atom is 0.246 e. The lowest BCUT2D eigenvalue weighted by Crippen LogP contribution is -2.37. The van der Waals surface area contributed by atoms with Gasteiger partial charge in [-0.05, 0) is 27.0 Å². The number of furan rings is 1. The predicted molar refractivity (Wildman–Crippen MR) is 76.9 cm³/mol. The van der Waals surface area contributed by atoms with Crippen molar-refractivity contribution in [1.82, 2.24) is 4.31 Å². The SMILES string of the molecule is CSCC(C)N(C)S(=O)(=O)c1c(C)oc(C)c1CO. The van der Waals surface area contributed by atoms with Gasteiger partial charge in [-0.15, -0.1) is 0 Å². The van der Waals surface area contributed by atoms with Gasteiger partial charge in [-0.25, -0.2) is 8.42 Å². The second kappa shape index (κ2) is 6.30. The molecule has 0 fully saturated rings. The molecule has 0 aliphatic heterocycles. The summed E-state index contributed by atoms with van der Waals surface area (Å²) in [6.45, 7) is 4.77. The van der Waals surface area contributed by atoms with E-state index in [0.29, 0.717) is 22.8 Å². The topological polar surface area (TPSA) is 70.8 Å². The van der Waals surface area contributed by atoms with Crippen LogP contribution in [0.5, 0.6) is 0 Å². The van der Waals surface area contributed by atoms with Crippen molar-refractivity contribution >= 4 is 21.8 Å². The van der Waals surface area contributed by atoms with Crippen molar-refractivity contribution in [3.05, 3.63) is 17.1 Å². The first-order valence-electron chi connectivity index (χ1n) is 5.94. The summed E-state index contributed by atoms with van der Waals surface area (Å²) in [5.41, 5.74) is 0.348. The monoisotopic (exact) mass is 307 g/mol. The highest BCUT2D eigenvalue weighted by Crippen LogP contribution is 2.29. The molecule has 1 rings (SSSR count). The molecule has 5 nitrogen and oxygen atoms in total. The van der Waals surface area contributed by atoms with E-state index in [4.69, 9.17) is 4.42 Å². The molecule has 0 radical (unpaired) electrons. The summed E-state index contributed by atoms with van der Waals surface area (Å²) in [4.78, 5) is 0.1000. The van der Waals surface area contributed by atoms with Crippen LogP contribution in [0.3, 0.4) is 0 Å². The summed E-state index contributed by atoms with van der Waals surface area (Å²) < 4.78 is 31.9. The van der Waals surface area contributed by atoms with Gasteiger partial charge in [0.25, 0.3) is 0 Å². The lowest BCUT2D eigenvalue weighted by molar-refractivity contribution is 0.276. The summed E-state index contributed by atoms with van der Waals surface area (Å²) in [6, 6.07) is -0.124. The van der Waals surface area contributed by atoms with E-state index in [1.807, 2.05) is 13.2 Å². The Labute approximate surface area is 119 Å². The molecule has 0 aliphatic carbocycles. The van der Waals surface area contributed by atoms with Crippen LogP contribution in [0.25, 0.3) is 0 Å². The minimum Gasteiger partial charge on any atom is -0.465 e. The van der Waals surface area contributed by atoms with E-state index in [2.05, 4.69) is 0 Å². The molecule has 1 aromatic rings. The molecule has 0 saturated carbocycles. The van der Waals surface area contributed by atoms with Crippen molar-refractivity contribution in [3.63, 3.8) is 0 Å². The van der Waals surface area contributed by atoms with E-state index in [-0.39, 0.29) is 17.5 Å². The second-order valence-corrected chi connectivity index (χ2v) is 7.35. The number of thioether (sulfide) groups is 1. The molecule has 110 valence electrons. The van der Waals surface area contributed by atoms with Crippen molar-refractivity contribution < 1.29 is 17.9 Å². The van der Waals surface area contributed by atoms with Crippen molar-refractivity contribution in [3.8, 4) is 0 Å². The minimum absolute atomic E-state index is 0.1000. The van der Waals surface area contributed by atoms with Gasteiger partial charge in [0.05, 0.1) is 6.61 Å². The third kappa shape index (κ3) is 3.16. The molecule has 0 bridgehead atoms. The summed E-state index contributed by atoms with van der Waals surface area (Å²) >= 11 is 1.59. The third-order valence-electron chi connectivity index (χ3n) is 3.15. The van der Waals surface area contributed by atoms with Gasteiger partial charge in [0.2, 0.25) is 10.0 Å². The van der Waals surface area contributed by atoms with Crippen molar-refractivity contribution in [2.24, 2.45) is 0 Å². The number of aliphatic hydroxyl groups is 1. The van der Waals surface area contributed by atoms with E-state index < -0.39 is 10.0 Å². The lowest BCUT2D eigenvalue weighted by atomic mass is 10.2. The molecule has 0 aliphatic rings. The summed E-state index contributed by atoms with van der Waals surface area (Å²) in [5.74, 6) is 1.48. The Hall–Kier alpha value is -0.500. The molecule has 1 unspecified atom stereocenters. The van der Waals surface area contributed by atoms with Gasteiger partial charge in [-0.3, -0.25) is 0 Å². The molecular formula is C12H21NO4S2. The zero-order chi connectivity index (χ0) is 14.8. The maximum atomic E-state index is 12.6. The lowest BCUT2D eigenvalue weighted by Gasteiger charge is -2.23. The van der Waals surface area contributed by atoms with Crippen LogP contribution in [0.2, 0.25) is 0 Å². The largest absolute Gasteiger partial charge is 0.465 e. The molecule has 1 heterocycles. The fourth-order valence-corrected chi connectivity index (χ4v) is 4.52. The van der Waals surface area contributed by atoms with Crippen LogP contribution in [0.4, 0.5) is 0 Å². The van der Waals surface area contributed by atoms with Crippen LogP contribution in [-0.4, -0.2) is 42.9 Å². The van der Waals surface area contributed by atoms with E-state index in [0.717, 1.165) is 0 Å². The third-order valence-corrected chi connectivity index (χ3v) is 6.13. The standard InChI is InChI=1S/C12H21NO4S2/c1-8(7-18-5)13(4)19(15,16)12-10(3)17-9(2)11(12)6-14/h8,14H,6-7H2,1-5H3. The second-order valence-electron chi connectivity index (χ2n) is 4.51. The average molecular weight is 307 g/mol. The van der Waals surface area contributed by atoms with Gasteiger partial charge in [0.1, 0.15) is 16.4 Å². The van der Waals surface area contributed by atoms with E-state index in [1.165, 1.54) is 4.31 Å². The van der Waals surface area contributed by atoms with Crippen molar-refractivity contribution in [1.29, 1.82) is 0 Å². The number of rotatable bonds is 6. The Bertz CT molecular complexity index is 536. The van der Waals surface area contributed by atoms with Gasteiger partial charge in [-0.1, -0.05) is 0 Å². The summed E-state index contributed by atoms with van der Waals surface area (Å²) in [6.07, 6.45) is 1.93. The Morgan fingerprint density at radius 3 is 2.42 bits per heavy atom. The summed E-state index contributed by atoms with van der Waals surface area (Å²) in [5, 5.41) is 9.35. The highest BCUT2D eigenvalue weighted by molar-refractivity contribution is 7.98. The smallest absolute Gasteiger partial charge is 0.246 e. The first-order valence-corrected chi connectivity index (χ1v) is 8.77. The van der Waals surface area contributed by atoms with Crippen molar-refractivity contribution in [2.75, 3.05) is 19.1 Å². The van der Waals surface area contributed by atoms with Gasteiger partial charge < -0.3 is 9.52 Å². The number of hydrogen-bond donors (Lipinski definition) is 1. The first kappa shape index (κ1) is 16.6. The maximum absolute atomic E-state index is 12.6. The molecule has 1 atom stereocenters. The number of aliphatic hydroxyl groups excluding tert-OH is 1. The van der Waals surface area contributed by atoms with Gasteiger partial charge in [0.15, 0.2) is 0 Å². The van der Waals surface area contributed by atoms with Crippen LogP contribution in [-0.2, 0) is 16.6 Å². The van der Waals surface area contributed by atoms with Gasteiger partial charge >= 0.3 is 0 Å². The number of aryl methyl sites for hydroxylation is 2. The number of sulfonamides is 1. The Kier molecular flexibility index (Phi) is 5.49. The van der Waals surface area contributed by atoms with Crippen LogP contribution >= 0.6 is 11.8 Å². The fraction of sp³-hybridized carbons (Fsp3) is 0.667. The molecule has 0 amide bonds. The minimum atomic E-state index is -3.65. The summed E-state index contributed by atoms with van der Waals surface area (Å²) in [7, 11) is -2.09. The van der Waals surface area contributed by atoms with Crippen LogP contribution in [0, 0.1) is 13.8 Å². The normalized spacial score (nSPS) is 14.1. The highest BCUT2D eigenvalue weighted by Gasteiger charge is 2.32. The van der Waals surface area contributed by atoms with Gasteiger partial charge in [0, 0.05) is 24.4 Å². The van der Waals surface area contributed by atoms with E-state index >= 15 is 0 Å². The molecule has 19 heavy (non-hydrogen) atoms. The first-order chi connectivity index (χ1) is 8.77. The molecular weight excluding hydrogens is 286 g/mol. The molecule has 0 spiro atoms. The fourth-order valence-electron chi connectivity index (χ4n) is 1.96. The Morgan fingerprint density at radius 1 is 1.37 bits per heavy atom. The number of nitrogens with zero attached hydrogens (tertiary/aromatic N) is 1. The van der Waals surface area contributed by atoms with Crippen molar-refractivity contribution in [2.45, 2.75) is 38.3 Å². The quantitative estimate of drug-likeness (QED) is 0.867. The highest BCUT2D eigenvalue weighted by atomic mass is 32.2. The molecule has 0 aromatic carbocycles. The average Bonchev–Trinajstić information content (AvgIpc) is 2.63. The Morgan fingerprint density at radius 2 is 1.95 bits per heavy atom. The molecule has 1 N–H and O–H groups in total. The van der Waals surface area contributed by atoms with Gasteiger partial charge in [-0.2, -0.15) is 16.1 Å². The predicted octanol–water partition coefficient (Wildman–Crippen LogP) is 1.76. The zero-order valence-electron chi connectivity index (χ0n) is 11.9. The van der Waals surface area contributed by atoms with Crippen LogP contribution in [0.15, 0.2) is 9.31 Å². The Balaban J connectivity index is 3.28. The molecule has 0 saturated heterocycles. The number of hydrogen-bond acceptors (Lipinski definition) is 5. The van der Waals surface area contributed by atoms with Crippen LogP contribution in [0.1, 0.15) is 24.0 Å². The van der Waals surface area contributed by atoms with E-state index in [9.17, 15) is 13.5 Å². The molecule has 1 aromatic heterocycles. The van der Waals surface area contributed by atoms with E-state index in [1.54, 1.807) is 32.7 Å². The zero-order valence-corrected chi connectivity index (χ0v) is 13.6.